The van der Waals surface area contributed by atoms with Gasteiger partial charge in [0.05, 0.1) is 11.1 Å². The molecule has 0 amide bonds. The van der Waals surface area contributed by atoms with E-state index in [1.807, 2.05) is 24.3 Å². The van der Waals surface area contributed by atoms with Crippen LogP contribution in [0.15, 0.2) is 60.2 Å². The van der Waals surface area contributed by atoms with Gasteiger partial charge in [-0.15, -0.1) is 0 Å². The maximum atomic E-state index is 11.0. The second-order valence-corrected chi connectivity index (χ2v) is 10.3. The Morgan fingerprint density at radius 3 is 1.97 bits per heavy atom. The summed E-state index contributed by atoms with van der Waals surface area (Å²) in [5, 5.41) is 18.0. The number of allylic oxidation sites excluding steroid dienone is 6. The molecule has 0 heterocycles. The first-order chi connectivity index (χ1) is 17.5. The molecule has 1 saturated carbocycles. The molecule has 1 fully saturated rings. The van der Waals surface area contributed by atoms with Gasteiger partial charge in [-0.3, -0.25) is 0 Å². The summed E-state index contributed by atoms with van der Waals surface area (Å²) in [7, 11) is 0. The topological polar surface area (TPSA) is 74.6 Å². The van der Waals surface area contributed by atoms with Crippen LogP contribution < -0.4 is 0 Å². The van der Waals surface area contributed by atoms with Crippen molar-refractivity contribution < 1.29 is 19.8 Å². The van der Waals surface area contributed by atoms with Crippen LogP contribution in [-0.4, -0.2) is 22.2 Å². The molecule has 2 aromatic rings. The van der Waals surface area contributed by atoms with Gasteiger partial charge >= 0.3 is 11.9 Å². The van der Waals surface area contributed by atoms with Crippen LogP contribution in [0.3, 0.4) is 0 Å². The third-order valence-electron chi connectivity index (χ3n) is 8.06. The second-order valence-electron chi connectivity index (χ2n) is 10.3. The number of aromatic carboxylic acids is 2. The average Bonchev–Trinajstić information content (AvgIpc) is 3.53. The van der Waals surface area contributed by atoms with E-state index in [9.17, 15) is 9.59 Å². The van der Waals surface area contributed by atoms with Gasteiger partial charge in [0, 0.05) is 0 Å². The highest BCUT2D eigenvalue weighted by Crippen LogP contribution is 2.40. The van der Waals surface area contributed by atoms with Crippen molar-refractivity contribution in [3.8, 4) is 0 Å². The molecule has 4 heteroatoms. The molecule has 2 N–H and O–H groups in total. The molecule has 0 aromatic heterocycles. The van der Waals surface area contributed by atoms with E-state index in [0.717, 1.165) is 24.8 Å². The molecule has 0 unspecified atom stereocenters. The lowest BCUT2D eigenvalue weighted by molar-refractivity contribution is 0.0686. The first-order valence-corrected chi connectivity index (χ1v) is 13.3. The van der Waals surface area contributed by atoms with Gasteiger partial charge in [0.1, 0.15) is 0 Å². The second kappa shape index (κ2) is 10.7. The number of hydrogen-bond donors (Lipinski definition) is 2. The van der Waals surface area contributed by atoms with Crippen LogP contribution in [0, 0.1) is 5.92 Å². The van der Waals surface area contributed by atoms with E-state index < -0.39 is 11.9 Å². The summed E-state index contributed by atoms with van der Waals surface area (Å²) in [4.78, 5) is 21.9. The van der Waals surface area contributed by atoms with E-state index in [2.05, 4.69) is 18.2 Å². The normalized spacial score (nSPS) is 18.7. The van der Waals surface area contributed by atoms with Crippen LogP contribution in [0.4, 0.5) is 0 Å². The van der Waals surface area contributed by atoms with E-state index in [1.54, 1.807) is 12.1 Å². The number of carbonyl (C=O) groups is 2. The van der Waals surface area contributed by atoms with Crippen LogP contribution in [0.2, 0.25) is 0 Å². The van der Waals surface area contributed by atoms with Gasteiger partial charge in [0.25, 0.3) is 0 Å². The molecule has 0 spiro atoms. The van der Waals surface area contributed by atoms with Crippen molar-refractivity contribution in [3.63, 3.8) is 0 Å². The van der Waals surface area contributed by atoms with Crippen molar-refractivity contribution in [2.75, 3.05) is 0 Å². The van der Waals surface area contributed by atoms with Crippen molar-refractivity contribution in [1.82, 2.24) is 0 Å². The zero-order valence-electron chi connectivity index (χ0n) is 20.8. The molecule has 0 atom stereocenters. The average molecular weight is 483 g/mol. The number of carboxylic acids is 2. The third-order valence-corrected chi connectivity index (χ3v) is 8.06. The SMILES string of the molecule is O=C(O)c1ccc2c(c1)CC=C2C1=CCCCC1.O=C(O)c1ccc2c(c1)CC=C2C1CCCCC1. The Morgan fingerprint density at radius 1 is 0.694 bits per heavy atom. The van der Waals surface area contributed by atoms with Gasteiger partial charge in [-0.2, -0.15) is 0 Å². The Bertz CT molecular complexity index is 1270. The molecule has 0 aliphatic heterocycles. The molecular formula is C32H34O4. The van der Waals surface area contributed by atoms with E-state index in [-0.39, 0.29) is 0 Å². The van der Waals surface area contributed by atoms with Crippen LogP contribution in [0.1, 0.15) is 101 Å². The Balaban J connectivity index is 0.000000148. The summed E-state index contributed by atoms with van der Waals surface area (Å²) < 4.78 is 0. The highest BCUT2D eigenvalue weighted by Gasteiger charge is 2.24. The summed E-state index contributed by atoms with van der Waals surface area (Å²) in [5.74, 6) is -0.970. The molecule has 186 valence electrons. The van der Waals surface area contributed by atoms with Crippen LogP contribution in [0.25, 0.3) is 11.1 Å². The highest BCUT2D eigenvalue weighted by molar-refractivity contribution is 5.91. The highest BCUT2D eigenvalue weighted by atomic mass is 16.4. The monoisotopic (exact) mass is 482 g/mol. The van der Waals surface area contributed by atoms with Gasteiger partial charge < -0.3 is 10.2 Å². The summed E-state index contributed by atoms with van der Waals surface area (Å²) in [6.45, 7) is 0. The first-order valence-electron chi connectivity index (χ1n) is 13.3. The van der Waals surface area contributed by atoms with Crippen molar-refractivity contribution in [2.45, 2.75) is 70.6 Å². The predicted octanol–water partition coefficient (Wildman–Crippen LogP) is 7.73. The standard InChI is InChI=1S/C16H18O2.C16H16O2/c2*17-16(18)13-7-9-15-12(10-13)6-8-14(15)11-4-2-1-3-5-11/h7-11H,1-6H2,(H,17,18);4,7-10H,1-3,5-6H2,(H,17,18). The minimum Gasteiger partial charge on any atom is -0.478 e. The molecule has 36 heavy (non-hydrogen) atoms. The number of rotatable bonds is 4. The molecule has 0 bridgehead atoms. The molecule has 4 aliphatic rings. The Hall–Kier alpha value is -3.40. The number of benzene rings is 2. The molecule has 0 radical (unpaired) electrons. The zero-order valence-corrected chi connectivity index (χ0v) is 20.8. The lowest BCUT2D eigenvalue weighted by Crippen LogP contribution is -2.08. The number of fused-ring (bicyclic) bond motifs is 2. The van der Waals surface area contributed by atoms with E-state index in [4.69, 9.17) is 10.2 Å². The lowest BCUT2D eigenvalue weighted by atomic mass is 9.81. The molecule has 2 aromatic carbocycles. The van der Waals surface area contributed by atoms with Crippen molar-refractivity contribution in [1.29, 1.82) is 0 Å². The lowest BCUT2D eigenvalue weighted by Gasteiger charge is -2.23. The number of hydrogen-bond acceptors (Lipinski definition) is 2. The van der Waals surface area contributed by atoms with Gasteiger partial charge in [-0.25, -0.2) is 9.59 Å². The molecule has 4 nitrogen and oxygen atoms in total. The minimum atomic E-state index is -0.844. The number of carboxylic acid groups (broad SMARTS) is 2. The summed E-state index contributed by atoms with van der Waals surface area (Å²) >= 11 is 0. The van der Waals surface area contributed by atoms with Crippen LogP contribution >= 0.6 is 0 Å². The first kappa shape index (κ1) is 24.3. The van der Waals surface area contributed by atoms with Gasteiger partial charge in [-0.05, 0) is 121 Å². The smallest absolute Gasteiger partial charge is 0.335 e. The molecule has 6 rings (SSSR count). The van der Waals surface area contributed by atoms with Crippen molar-refractivity contribution >= 4 is 23.1 Å². The van der Waals surface area contributed by atoms with Crippen LogP contribution in [-0.2, 0) is 12.8 Å². The quantitative estimate of drug-likeness (QED) is 0.468. The Kier molecular flexibility index (Phi) is 7.22. The Labute approximate surface area is 213 Å². The van der Waals surface area contributed by atoms with Gasteiger partial charge in [0.15, 0.2) is 0 Å². The van der Waals surface area contributed by atoms with E-state index in [1.165, 1.54) is 84.8 Å². The van der Waals surface area contributed by atoms with Crippen LogP contribution in [0.5, 0.6) is 0 Å². The molecular weight excluding hydrogens is 448 g/mol. The maximum absolute atomic E-state index is 11.0. The fraction of sp³-hybridized carbons (Fsp3) is 0.375. The fourth-order valence-corrected chi connectivity index (χ4v) is 6.17. The zero-order chi connectivity index (χ0) is 25.1. The van der Waals surface area contributed by atoms with Gasteiger partial charge in [0.2, 0.25) is 0 Å². The molecule has 0 saturated heterocycles. The summed E-state index contributed by atoms with van der Waals surface area (Å²) in [5.41, 5.74) is 9.92. The molecule has 4 aliphatic carbocycles. The van der Waals surface area contributed by atoms with Crippen molar-refractivity contribution in [3.05, 3.63) is 93.6 Å². The third kappa shape index (κ3) is 5.09. The predicted molar refractivity (Wildman–Crippen MR) is 143 cm³/mol. The Morgan fingerprint density at radius 2 is 1.33 bits per heavy atom. The van der Waals surface area contributed by atoms with E-state index in [0.29, 0.717) is 17.0 Å². The van der Waals surface area contributed by atoms with Crippen molar-refractivity contribution in [2.24, 2.45) is 5.92 Å². The summed E-state index contributed by atoms with van der Waals surface area (Å²) in [6.07, 6.45) is 20.2. The minimum absolute atomic E-state index is 0.390. The summed E-state index contributed by atoms with van der Waals surface area (Å²) in [6, 6.07) is 11.1. The maximum Gasteiger partial charge on any atom is 0.335 e. The fourth-order valence-electron chi connectivity index (χ4n) is 6.17. The van der Waals surface area contributed by atoms with E-state index >= 15 is 0 Å². The largest absolute Gasteiger partial charge is 0.478 e. The van der Waals surface area contributed by atoms with Gasteiger partial charge in [-0.1, -0.05) is 49.6 Å².